The summed E-state index contributed by atoms with van der Waals surface area (Å²) in [5.41, 5.74) is 2.55. The number of rotatable bonds is 8. The summed E-state index contributed by atoms with van der Waals surface area (Å²) >= 11 is 0. The Morgan fingerprint density at radius 3 is 2.65 bits per heavy atom. The molecule has 3 amide bonds. The van der Waals surface area contributed by atoms with Crippen LogP contribution in [0.5, 0.6) is 0 Å². The third-order valence-corrected chi connectivity index (χ3v) is 5.12. The Kier molecular flexibility index (Phi) is 7.95. The predicted octanol–water partition coefficient (Wildman–Crippen LogP) is 3.74. The van der Waals surface area contributed by atoms with E-state index in [1.807, 2.05) is 11.0 Å². The van der Waals surface area contributed by atoms with E-state index in [1.165, 1.54) is 11.1 Å². The minimum atomic E-state index is -0.120. The molecule has 1 aromatic carbocycles. The summed E-state index contributed by atoms with van der Waals surface area (Å²) in [4.78, 5) is 29.0. The molecule has 2 rings (SSSR count). The van der Waals surface area contributed by atoms with E-state index >= 15 is 0 Å². The molecule has 0 spiro atoms. The van der Waals surface area contributed by atoms with E-state index in [9.17, 15) is 9.59 Å². The lowest BCUT2D eigenvalue weighted by Crippen LogP contribution is -2.49. The number of fused-ring (bicyclic) bond motifs is 1. The van der Waals surface area contributed by atoms with Gasteiger partial charge in [-0.3, -0.25) is 4.79 Å². The second-order valence-electron chi connectivity index (χ2n) is 7.07. The van der Waals surface area contributed by atoms with Crippen LogP contribution in [-0.4, -0.2) is 47.9 Å². The molecular weight excluding hydrogens is 326 g/mol. The molecule has 1 unspecified atom stereocenters. The Labute approximate surface area is 157 Å². The van der Waals surface area contributed by atoms with Crippen molar-refractivity contribution in [3.63, 3.8) is 0 Å². The number of benzene rings is 1. The van der Waals surface area contributed by atoms with Gasteiger partial charge in [-0.15, -0.1) is 0 Å². The SMILES string of the molecule is CCCCNC(=O)N(CCCC)CC(=O)N1CCc2ccccc2C1C. The van der Waals surface area contributed by atoms with Crippen LogP contribution in [0.1, 0.15) is 63.6 Å². The molecule has 1 heterocycles. The summed E-state index contributed by atoms with van der Waals surface area (Å²) < 4.78 is 0. The normalized spacial score (nSPS) is 16.1. The maximum atomic E-state index is 12.9. The average molecular weight is 360 g/mol. The van der Waals surface area contributed by atoms with Crippen LogP contribution in [0, 0.1) is 0 Å². The van der Waals surface area contributed by atoms with E-state index in [-0.39, 0.29) is 24.5 Å². The smallest absolute Gasteiger partial charge is 0.317 e. The van der Waals surface area contributed by atoms with Gasteiger partial charge in [0.05, 0.1) is 6.04 Å². The van der Waals surface area contributed by atoms with Gasteiger partial charge in [-0.2, -0.15) is 0 Å². The van der Waals surface area contributed by atoms with Crippen molar-refractivity contribution in [2.24, 2.45) is 0 Å². The van der Waals surface area contributed by atoms with Gasteiger partial charge in [-0.25, -0.2) is 4.79 Å². The topological polar surface area (TPSA) is 52.7 Å². The molecule has 0 radical (unpaired) electrons. The van der Waals surface area contributed by atoms with Gasteiger partial charge in [0.1, 0.15) is 6.54 Å². The first-order valence-corrected chi connectivity index (χ1v) is 9.98. The molecule has 1 aliphatic rings. The minimum Gasteiger partial charge on any atom is -0.338 e. The maximum absolute atomic E-state index is 12.9. The summed E-state index contributed by atoms with van der Waals surface area (Å²) in [7, 11) is 0. The fourth-order valence-corrected chi connectivity index (χ4v) is 3.45. The highest BCUT2D eigenvalue weighted by atomic mass is 16.2. The van der Waals surface area contributed by atoms with Crippen molar-refractivity contribution in [3.8, 4) is 0 Å². The van der Waals surface area contributed by atoms with Gasteiger partial charge in [-0.1, -0.05) is 51.0 Å². The van der Waals surface area contributed by atoms with E-state index in [0.717, 1.165) is 38.6 Å². The molecule has 5 nitrogen and oxygen atoms in total. The Hall–Kier alpha value is -2.04. The standard InChI is InChI=1S/C21H33N3O2/c1-4-6-13-22-21(26)23(14-7-5-2)16-20(25)24-15-12-18-10-8-9-11-19(18)17(24)3/h8-11,17H,4-7,12-16H2,1-3H3,(H,22,26). The number of unbranched alkanes of at least 4 members (excludes halogenated alkanes) is 2. The Balaban J connectivity index is 2.00. The lowest BCUT2D eigenvalue weighted by atomic mass is 9.93. The number of amides is 3. The molecule has 5 heteroatoms. The second-order valence-corrected chi connectivity index (χ2v) is 7.07. The summed E-state index contributed by atoms with van der Waals surface area (Å²) in [5, 5.41) is 2.94. The van der Waals surface area contributed by atoms with E-state index in [1.54, 1.807) is 4.90 Å². The molecule has 1 aromatic rings. The quantitative estimate of drug-likeness (QED) is 0.719. The van der Waals surface area contributed by atoms with Crippen LogP contribution in [0.3, 0.4) is 0 Å². The Morgan fingerprint density at radius 1 is 1.19 bits per heavy atom. The number of carbonyl (C=O) groups excluding carboxylic acids is 2. The first-order chi connectivity index (χ1) is 12.6. The molecule has 1 atom stereocenters. The first kappa shape index (κ1) is 20.3. The molecule has 144 valence electrons. The third kappa shape index (κ3) is 5.23. The predicted molar refractivity (Wildman–Crippen MR) is 105 cm³/mol. The van der Waals surface area contributed by atoms with Gasteiger partial charge in [0.2, 0.25) is 5.91 Å². The lowest BCUT2D eigenvalue weighted by molar-refractivity contribution is -0.134. The van der Waals surface area contributed by atoms with E-state index in [4.69, 9.17) is 0 Å². The molecule has 0 saturated carbocycles. The highest BCUT2D eigenvalue weighted by Crippen LogP contribution is 2.29. The van der Waals surface area contributed by atoms with Gasteiger partial charge in [0.25, 0.3) is 0 Å². The van der Waals surface area contributed by atoms with E-state index < -0.39 is 0 Å². The zero-order chi connectivity index (χ0) is 18.9. The number of hydrogen-bond donors (Lipinski definition) is 1. The number of hydrogen-bond acceptors (Lipinski definition) is 2. The van der Waals surface area contributed by atoms with Crippen LogP contribution >= 0.6 is 0 Å². The zero-order valence-electron chi connectivity index (χ0n) is 16.5. The van der Waals surface area contributed by atoms with Crippen molar-refractivity contribution in [2.45, 2.75) is 58.9 Å². The molecule has 0 bridgehead atoms. The molecule has 0 aliphatic carbocycles. The zero-order valence-corrected chi connectivity index (χ0v) is 16.5. The number of carbonyl (C=O) groups is 2. The summed E-state index contributed by atoms with van der Waals surface area (Å²) in [5.74, 6) is 0.0359. The molecule has 0 aromatic heterocycles. The molecular formula is C21H33N3O2. The summed E-state index contributed by atoms with van der Waals surface area (Å²) in [6, 6.07) is 8.26. The maximum Gasteiger partial charge on any atom is 0.317 e. The summed E-state index contributed by atoms with van der Waals surface area (Å²) in [6.45, 7) is 8.44. The van der Waals surface area contributed by atoms with Gasteiger partial charge in [0.15, 0.2) is 0 Å². The van der Waals surface area contributed by atoms with Gasteiger partial charge >= 0.3 is 6.03 Å². The largest absolute Gasteiger partial charge is 0.338 e. The van der Waals surface area contributed by atoms with Gasteiger partial charge in [-0.05, 0) is 37.3 Å². The van der Waals surface area contributed by atoms with E-state index in [0.29, 0.717) is 13.1 Å². The molecule has 1 aliphatic heterocycles. The first-order valence-electron chi connectivity index (χ1n) is 9.98. The van der Waals surface area contributed by atoms with Crippen molar-refractivity contribution in [2.75, 3.05) is 26.2 Å². The summed E-state index contributed by atoms with van der Waals surface area (Å²) in [6.07, 6.45) is 4.79. The molecule has 0 fully saturated rings. The highest BCUT2D eigenvalue weighted by molar-refractivity contribution is 5.84. The van der Waals surface area contributed by atoms with Crippen molar-refractivity contribution in [1.82, 2.24) is 15.1 Å². The molecule has 1 N–H and O–H groups in total. The van der Waals surface area contributed by atoms with Crippen LogP contribution < -0.4 is 5.32 Å². The van der Waals surface area contributed by atoms with Gasteiger partial charge < -0.3 is 15.1 Å². The number of nitrogens with one attached hydrogen (secondary N) is 1. The molecule has 0 saturated heterocycles. The second kappa shape index (κ2) is 10.2. The Morgan fingerprint density at radius 2 is 1.92 bits per heavy atom. The van der Waals surface area contributed by atoms with Crippen LogP contribution in [0.2, 0.25) is 0 Å². The Bertz CT molecular complexity index is 603. The van der Waals surface area contributed by atoms with Crippen molar-refractivity contribution < 1.29 is 9.59 Å². The van der Waals surface area contributed by atoms with E-state index in [2.05, 4.69) is 44.3 Å². The number of nitrogens with zero attached hydrogens (tertiary/aromatic N) is 2. The van der Waals surface area contributed by atoms with Gasteiger partial charge in [0, 0.05) is 19.6 Å². The van der Waals surface area contributed by atoms with Crippen LogP contribution in [0.15, 0.2) is 24.3 Å². The van der Waals surface area contributed by atoms with Crippen LogP contribution in [-0.2, 0) is 11.2 Å². The van der Waals surface area contributed by atoms with Crippen molar-refractivity contribution in [3.05, 3.63) is 35.4 Å². The molecule has 26 heavy (non-hydrogen) atoms. The third-order valence-electron chi connectivity index (χ3n) is 5.12. The minimum absolute atomic E-state index is 0.0359. The number of urea groups is 1. The fraction of sp³-hybridized carbons (Fsp3) is 0.619. The van der Waals surface area contributed by atoms with Crippen molar-refractivity contribution >= 4 is 11.9 Å². The van der Waals surface area contributed by atoms with Crippen molar-refractivity contribution in [1.29, 1.82) is 0 Å². The highest BCUT2D eigenvalue weighted by Gasteiger charge is 2.29. The van der Waals surface area contributed by atoms with Crippen LogP contribution in [0.25, 0.3) is 0 Å². The monoisotopic (exact) mass is 359 g/mol. The fourth-order valence-electron chi connectivity index (χ4n) is 3.45. The average Bonchev–Trinajstić information content (AvgIpc) is 2.65. The lowest BCUT2D eigenvalue weighted by Gasteiger charge is -2.36. The van der Waals surface area contributed by atoms with Crippen LogP contribution in [0.4, 0.5) is 4.79 Å².